The van der Waals surface area contributed by atoms with E-state index in [1.165, 1.54) is 18.8 Å². The lowest BCUT2D eigenvalue weighted by Crippen LogP contribution is -2.50. The van der Waals surface area contributed by atoms with Gasteiger partial charge in [0.2, 0.25) is 5.75 Å². The first-order valence-electron chi connectivity index (χ1n) is 9.60. The van der Waals surface area contributed by atoms with Gasteiger partial charge in [0.1, 0.15) is 43.8 Å². The second-order valence-electron chi connectivity index (χ2n) is 7.43. The zero-order chi connectivity index (χ0) is 20.4. The summed E-state index contributed by atoms with van der Waals surface area (Å²) >= 11 is 6.05. The molecule has 152 valence electrons. The number of benzene rings is 2. The number of aromatic hydroxyl groups is 1. The molecule has 7 nitrogen and oxygen atoms in total. The van der Waals surface area contributed by atoms with Gasteiger partial charge in [0, 0.05) is 30.7 Å². The van der Waals surface area contributed by atoms with Gasteiger partial charge in [-0.1, -0.05) is 11.6 Å². The van der Waals surface area contributed by atoms with Crippen molar-refractivity contribution in [3.8, 4) is 17.2 Å². The van der Waals surface area contributed by atoms with Gasteiger partial charge in [0.05, 0.1) is 23.0 Å². The molecular weight excluding hydrogens is 392 g/mol. The number of fused-ring (bicyclic) bond motifs is 1. The van der Waals surface area contributed by atoms with Crippen molar-refractivity contribution in [1.29, 1.82) is 0 Å². The quantitative estimate of drug-likeness (QED) is 0.466. The van der Waals surface area contributed by atoms with Crippen LogP contribution in [0.25, 0.3) is 10.9 Å². The first kappa shape index (κ1) is 19.5. The molecule has 1 aliphatic rings. The van der Waals surface area contributed by atoms with Crippen LogP contribution in [0, 0.1) is 0 Å². The maximum absolute atomic E-state index is 9.67. The maximum atomic E-state index is 9.67. The number of likely N-dealkylation sites (tertiary alicyclic amines) is 1. The highest BCUT2D eigenvalue weighted by Gasteiger charge is 2.29. The highest BCUT2D eigenvalue weighted by Crippen LogP contribution is 2.38. The van der Waals surface area contributed by atoms with Gasteiger partial charge in [-0.15, -0.1) is 4.65 Å². The van der Waals surface area contributed by atoms with E-state index in [1.807, 2.05) is 12.1 Å². The van der Waals surface area contributed by atoms with Crippen molar-refractivity contribution < 1.29 is 19.3 Å². The molecule has 3 aromatic rings. The summed E-state index contributed by atoms with van der Waals surface area (Å²) in [6.07, 6.45) is 4.98. The van der Waals surface area contributed by atoms with Crippen molar-refractivity contribution in [1.82, 2.24) is 9.97 Å². The smallest absolute Gasteiger partial charge is 0.206 e. The van der Waals surface area contributed by atoms with E-state index in [-0.39, 0.29) is 10.8 Å². The van der Waals surface area contributed by atoms with Crippen LogP contribution in [-0.2, 0) is 0 Å². The fourth-order valence-electron chi connectivity index (χ4n) is 3.65. The SMILES string of the molecule is COc1cc(O[N+]2(C)CCCCC2)c2c(Nc3ccc(O)c(Cl)c3)ncnc2c1. The molecule has 0 bridgehead atoms. The number of aromatic nitrogens is 2. The fraction of sp³-hybridized carbons (Fsp3) is 0.333. The summed E-state index contributed by atoms with van der Waals surface area (Å²) in [5, 5.41) is 14.0. The highest BCUT2D eigenvalue weighted by molar-refractivity contribution is 6.32. The molecular formula is C21H24ClN4O3+. The van der Waals surface area contributed by atoms with E-state index in [1.54, 1.807) is 19.2 Å². The number of rotatable bonds is 5. The number of nitrogens with zero attached hydrogens (tertiary/aromatic N) is 3. The first-order chi connectivity index (χ1) is 14.0. The summed E-state index contributed by atoms with van der Waals surface area (Å²) < 4.78 is 5.96. The van der Waals surface area contributed by atoms with Gasteiger partial charge in [0.15, 0.2) is 0 Å². The Morgan fingerprint density at radius 2 is 1.90 bits per heavy atom. The van der Waals surface area contributed by atoms with Gasteiger partial charge in [-0.25, -0.2) is 9.97 Å². The number of hydrogen-bond acceptors (Lipinski definition) is 6. The predicted molar refractivity (Wildman–Crippen MR) is 113 cm³/mol. The van der Waals surface area contributed by atoms with E-state index in [9.17, 15) is 5.11 Å². The summed E-state index contributed by atoms with van der Waals surface area (Å²) in [4.78, 5) is 15.3. The standard InChI is InChI=1S/C21H23ClN4O3/c1-26(8-4-3-5-9-26)29-19-12-15(28-2)11-17-20(19)21(24-13-23-17)25-14-6-7-18(27)16(22)10-14/h6-7,10-13H,3-5,8-9H2,1-2H3,(H-,23,24,25,27)/p+1. The van der Waals surface area contributed by atoms with E-state index >= 15 is 0 Å². The number of methoxy groups -OCH3 is 1. The number of piperidine rings is 1. The third-order valence-corrected chi connectivity index (χ3v) is 5.51. The van der Waals surface area contributed by atoms with E-state index in [0.29, 0.717) is 33.2 Å². The van der Waals surface area contributed by atoms with Crippen molar-refractivity contribution in [2.24, 2.45) is 0 Å². The molecule has 0 spiro atoms. The Balaban J connectivity index is 1.79. The van der Waals surface area contributed by atoms with Crippen molar-refractivity contribution in [3.63, 3.8) is 0 Å². The minimum absolute atomic E-state index is 0.0287. The molecule has 1 aliphatic heterocycles. The summed E-state index contributed by atoms with van der Waals surface area (Å²) in [5.74, 6) is 1.96. The van der Waals surface area contributed by atoms with Gasteiger partial charge in [-0.3, -0.25) is 0 Å². The number of hydroxylamine groups is 3. The molecule has 0 aliphatic carbocycles. The summed E-state index contributed by atoms with van der Waals surface area (Å²) in [7, 11) is 3.72. The molecule has 2 aromatic carbocycles. The Labute approximate surface area is 174 Å². The van der Waals surface area contributed by atoms with E-state index in [0.717, 1.165) is 31.3 Å². The topological polar surface area (TPSA) is 76.5 Å². The summed E-state index contributed by atoms with van der Waals surface area (Å²) in [5.41, 5.74) is 1.42. The van der Waals surface area contributed by atoms with Crippen LogP contribution in [0.1, 0.15) is 19.3 Å². The van der Waals surface area contributed by atoms with Crippen LogP contribution < -0.4 is 14.9 Å². The van der Waals surface area contributed by atoms with Gasteiger partial charge < -0.3 is 20.0 Å². The number of halogens is 1. The Bertz CT molecular complexity index is 1040. The second kappa shape index (κ2) is 7.93. The zero-order valence-electron chi connectivity index (χ0n) is 16.5. The fourth-order valence-corrected chi connectivity index (χ4v) is 3.83. The average Bonchev–Trinajstić information content (AvgIpc) is 2.71. The molecule has 0 atom stereocenters. The van der Waals surface area contributed by atoms with Crippen LogP contribution in [0.3, 0.4) is 0 Å². The maximum Gasteiger partial charge on any atom is 0.206 e. The molecule has 1 fully saturated rings. The zero-order valence-corrected chi connectivity index (χ0v) is 17.2. The van der Waals surface area contributed by atoms with Crippen molar-refractivity contribution in [2.45, 2.75) is 19.3 Å². The molecule has 2 N–H and O–H groups in total. The van der Waals surface area contributed by atoms with Crippen LogP contribution >= 0.6 is 11.6 Å². The average molecular weight is 416 g/mol. The van der Waals surface area contributed by atoms with Gasteiger partial charge in [0.25, 0.3) is 0 Å². The van der Waals surface area contributed by atoms with E-state index in [4.69, 9.17) is 21.2 Å². The van der Waals surface area contributed by atoms with Crippen LogP contribution in [0.2, 0.25) is 5.02 Å². The van der Waals surface area contributed by atoms with Crippen LogP contribution in [0.4, 0.5) is 11.5 Å². The Morgan fingerprint density at radius 3 is 2.62 bits per heavy atom. The van der Waals surface area contributed by atoms with Crippen LogP contribution in [0.15, 0.2) is 36.7 Å². The summed E-state index contributed by atoms with van der Waals surface area (Å²) in [6, 6.07) is 8.65. The second-order valence-corrected chi connectivity index (χ2v) is 7.84. The number of nitrogens with one attached hydrogen (secondary N) is 1. The number of phenolic OH excluding ortho intramolecular Hbond substituents is 1. The summed E-state index contributed by atoms with van der Waals surface area (Å²) in [6.45, 7) is 1.89. The van der Waals surface area contributed by atoms with E-state index < -0.39 is 0 Å². The number of ether oxygens (including phenoxy) is 1. The van der Waals surface area contributed by atoms with E-state index in [2.05, 4.69) is 22.3 Å². The lowest BCUT2D eigenvalue weighted by Gasteiger charge is -2.35. The monoisotopic (exact) mass is 415 g/mol. The lowest BCUT2D eigenvalue weighted by molar-refractivity contribution is -1.07. The molecule has 4 rings (SSSR count). The number of anilines is 2. The Morgan fingerprint density at radius 1 is 1.10 bits per heavy atom. The Hall–Kier alpha value is -2.77. The number of phenols is 1. The normalized spacial score (nSPS) is 15.8. The first-order valence-corrected chi connectivity index (χ1v) is 9.98. The van der Waals surface area contributed by atoms with Gasteiger partial charge in [-0.2, -0.15) is 0 Å². The van der Waals surface area contributed by atoms with Crippen LogP contribution in [0.5, 0.6) is 17.2 Å². The molecule has 1 aromatic heterocycles. The molecule has 29 heavy (non-hydrogen) atoms. The molecule has 0 amide bonds. The van der Waals surface area contributed by atoms with Gasteiger partial charge >= 0.3 is 0 Å². The Kier molecular flexibility index (Phi) is 5.34. The largest absolute Gasteiger partial charge is 0.506 e. The third kappa shape index (κ3) is 4.16. The molecule has 2 heterocycles. The van der Waals surface area contributed by atoms with Gasteiger partial charge in [-0.05, 0) is 24.6 Å². The lowest BCUT2D eigenvalue weighted by atomic mass is 10.1. The number of hydrogen-bond donors (Lipinski definition) is 2. The predicted octanol–water partition coefficient (Wildman–Crippen LogP) is 4.67. The number of quaternary nitrogens is 1. The molecule has 1 saturated heterocycles. The van der Waals surface area contributed by atoms with Crippen molar-refractivity contribution >= 4 is 34.0 Å². The highest BCUT2D eigenvalue weighted by atomic mass is 35.5. The molecule has 8 heteroatoms. The molecule has 0 saturated carbocycles. The molecule has 0 radical (unpaired) electrons. The molecule has 0 unspecified atom stereocenters. The van der Waals surface area contributed by atoms with Crippen molar-refractivity contribution in [3.05, 3.63) is 41.7 Å². The third-order valence-electron chi connectivity index (χ3n) is 5.20. The van der Waals surface area contributed by atoms with Crippen molar-refractivity contribution in [2.75, 3.05) is 32.6 Å². The van der Waals surface area contributed by atoms with Crippen LogP contribution in [-0.4, -0.2) is 47.0 Å². The minimum Gasteiger partial charge on any atom is -0.506 e. The minimum atomic E-state index is 0.0287.